The van der Waals surface area contributed by atoms with Gasteiger partial charge in [0.25, 0.3) is 5.95 Å². The molecule has 0 bridgehead atoms. The van der Waals surface area contributed by atoms with E-state index in [4.69, 9.17) is 0 Å². The van der Waals surface area contributed by atoms with Gasteiger partial charge in [-0.2, -0.15) is 9.37 Å². The minimum Gasteiger partial charge on any atom is -0.365 e. The van der Waals surface area contributed by atoms with Crippen LogP contribution in [0.3, 0.4) is 0 Å². The summed E-state index contributed by atoms with van der Waals surface area (Å²) >= 11 is 0. The van der Waals surface area contributed by atoms with Crippen LogP contribution in [0.2, 0.25) is 0 Å². The zero-order chi connectivity index (χ0) is 11.7. The van der Waals surface area contributed by atoms with Gasteiger partial charge in [-0.3, -0.25) is 0 Å². The number of hydrogen-bond donors (Lipinski definition) is 1. The van der Waals surface area contributed by atoms with Crippen molar-refractivity contribution in [2.24, 2.45) is 5.92 Å². The van der Waals surface area contributed by atoms with E-state index in [-0.39, 0.29) is 11.9 Å². The summed E-state index contributed by atoms with van der Waals surface area (Å²) in [4.78, 5) is 3.23. The number of nitrogens with one attached hydrogen (secondary N) is 1. The molecule has 1 aromatic heterocycles. The van der Waals surface area contributed by atoms with Crippen molar-refractivity contribution in [1.82, 2.24) is 4.98 Å². The first-order valence-electron chi connectivity index (χ1n) is 5.34. The summed E-state index contributed by atoms with van der Waals surface area (Å²) < 4.78 is 38.7. The van der Waals surface area contributed by atoms with E-state index in [1.165, 1.54) is 0 Å². The van der Waals surface area contributed by atoms with Crippen molar-refractivity contribution in [3.8, 4) is 0 Å². The molecule has 0 saturated heterocycles. The molecule has 0 aliphatic heterocycles. The Hall–Kier alpha value is -1.26. The molecular formula is C11H13F3N2. The van der Waals surface area contributed by atoms with E-state index in [9.17, 15) is 13.2 Å². The minimum atomic E-state index is -1.27. The summed E-state index contributed by atoms with van der Waals surface area (Å²) in [6.07, 6.45) is 2.87. The summed E-state index contributed by atoms with van der Waals surface area (Å²) in [7, 11) is 0. The fraction of sp³-hybridized carbons (Fsp3) is 0.545. The Balaban J connectivity index is 2.12. The van der Waals surface area contributed by atoms with Gasteiger partial charge in [0.15, 0.2) is 17.5 Å². The molecule has 1 fully saturated rings. The van der Waals surface area contributed by atoms with E-state index in [0.717, 1.165) is 19.3 Å². The quantitative estimate of drug-likeness (QED) is 0.790. The highest BCUT2D eigenvalue weighted by Gasteiger charge is 2.23. The summed E-state index contributed by atoms with van der Waals surface area (Å²) in [5, 5.41) is 2.81. The van der Waals surface area contributed by atoms with E-state index >= 15 is 0 Å². The van der Waals surface area contributed by atoms with Crippen molar-refractivity contribution in [2.45, 2.75) is 32.2 Å². The van der Waals surface area contributed by atoms with Crippen LogP contribution in [0.5, 0.6) is 0 Å². The Bertz CT molecular complexity index is 395. The Morgan fingerprint density at radius 2 is 2.00 bits per heavy atom. The number of anilines is 1. The molecule has 2 atom stereocenters. The summed E-state index contributed by atoms with van der Waals surface area (Å²) in [5.41, 5.74) is 0. The van der Waals surface area contributed by atoms with E-state index in [1.807, 2.05) is 0 Å². The van der Waals surface area contributed by atoms with E-state index < -0.39 is 17.6 Å². The number of nitrogens with zero attached hydrogens (tertiary/aromatic N) is 1. The van der Waals surface area contributed by atoms with Gasteiger partial charge in [0.2, 0.25) is 0 Å². The second kappa shape index (κ2) is 4.31. The molecule has 0 aromatic carbocycles. The number of halogens is 3. The first-order chi connectivity index (χ1) is 7.56. The van der Waals surface area contributed by atoms with E-state index in [0.29, 0.717) is 12.0 Å². The second-order valence-electron chi connectivity index (χ2n) is 4.35. The molecule has 1 N–H and O–H groups in total. The van der Waals surface area contributed by atoms with Crippen molar-refractivity contribution in [3.63, 3.8) is 0 Å². The monoisotopic (exact) mass is 230 g/mol. The van der Waals surface area contributed by atoms with Crippen LogP contribution in [0.25, 0.3) is 0 Å². The molecule has 1 aliphatic carbocycles. The van der Waals surface area contributed by atoms with E-state index in [2.05, 4.69) is 17.2 Å². The Morgan fingerprint density at radius 3 is 2.62 bits per heavy atom. The molecule has 88 valence electrons. The second-order valence-corrected chi connectivity index (χ2v) is 4.35. The standard InChI is InChI=1S/C11H13F3N2/c1-6-2-3-7(4-6)15-11-9(13)5-8(12)10(14)16-11/h5-7H,2-4H2,1H3,(H,15,16). The lowest BCUT2D eigenvalue weighted by Gasteiger charge is -2.13. The topological polar surface area (TPSA) is 24.9 Å². The molecule has 1 aromatic rings. The van der Waals surface area contributed by atoms with Gasteiger partial charge in [0, 0.05) is 12.1 Å². The van der Waals surface area contributed by atoms with Gasteiger partial charge in [-0.15, -0.1) is 0 Å². The number of aromatic nitrogens is 1. The highest BCUT2D eigenvalue weighted by molar-refractivity contribution is 5.37. The molecule has 1 aliphatic rings. The maximum atomic E-state index is 13.2. The lowest BCUT2D eigenvalue weighted by atomic mass is 10.1. The number of pyridine rings is 1. The first-order valence-corrected chi connectivity index (χ1v) is 5.34. The average Bonchev–Trinajstić information content (AvgIpc) is 2.60. The highest BCUT2D eigenvalue weighted by atomic mass is 19.2. The predicted octanol–water partition coefficient (Wildman–Crippen LogP) is 3.10. The lowest BCUT2D eigenvalue weighted by Crippen LogP contribution is -2.18. The maximum absolute atomic E-state index is 13.2. The largest absolute Gasteiger partial charge is 0.365 e. The highest BCUT2D eigenvalue weighted by Crippen LogP contribution is 2.27. The van der Waals surface area contributed by atoms with Crippen LogP contribution in [0.1, 0.15) is 26.2 Å². The van der Waals surface area contributed by atoms with Crippen LogP contribution in [0, 0.1) is 23.5 Å². The third kappa shape index (κ3) is 2.28. The zero-order valence-electron chi connectivity index (χ0n) is 8.93. The van der Waals surface area contributed by atoms with Crippen molar-refractivity contribution >= 4 is 5.82 Å². The first kappa shape index (κ1) is 11.2. The molecule has 0 spiro atoms. The fourth-order valence-corrected chi connectivity index (χ4v) is 2.08. The smallest absolute Gasteiger partial charge is 0.251 e. The number of rotatable bonds is 2. The van der Waals surface area contributed by atoms with Crippen LogP contribution >= 0.6 is 0 Å². The minimum absolute atomic E-state index is 0.0989. The third-order valence-electron chi connectivity index (χ3n) is 2.92. The van der Waals surface area contributed by atoms with Gasteiger partial charge in [-0.1, -0.05) is 6.92 Å². The van der Waals surface area contributed by atoms with Crippen LogP contribution in [-0.2, 0) is 0 Å². The lowest BCUT2D eigenvalue weighted by molar-refractivity contribution is 0.465. The Labute approximate surface area is 91.9 Å². The molecule has 0 radical (unpaired) electrons. The summed E-state index contributed by atoms with van der Waals surface area (Å²) in [6, 6.07) is 0.616. The number of hydrogen-bond acceptors (Lipinski definition) is 2. The average molecular weight is 230 g/mol. The molecule has 1 heterocycles. The fourth-order valence-electron chi connectivity index (χ4n) is 2.08. The normalized spacial score (nSPS) is 24.8. The predicted molar refractivity (Wildman–Crippen MR) is 54.5 cm³/mol. The Morgan fingerprint density at radius 1 is 1.25 bits per heavy atom. The van der Waals surface area contributed by atoms with Gasteiger partial charge >= 0.3 is 0 Å². The van der Waals surface area contributed by atoms with Crippen molar-refractivity contribution in [1.29, 1.82) is 0 Å². The molecule has 2 nitrogen and oxygen atoms in total. The van der Waals surface area contributed by atoms with Crippen LogP contribution in [-0.4, -0.2) is 11.0 Å². The van der Waals surface area contributed by atoms with Gasteiger partial charge in [-0.05, 0) is 25.2 Å². The zero-order valence-corrected chi connectivity index (χ0v) is 8.93. The van der Waals surface area contributed by atoms with Gasteiger partial charge in [0.05, 0.1) is 0 Å². The SMILES string of the molecule is CC1CCC(Nc2nc(F)c(F)cc2F)C1. The third-order valence-corrected chi connectivity index (χ3v) is 2.92. The summed E-state index contributed by atoms with van der Waals surface area (Å²) in [5.74, 6) is -3.00. The van der Waals surface area contributed by atoms with Gasteiger partial charge in [0.1, 0.15) is 0 Å². The van der Waals surface area contributed by atoms with Gasteiger partial charge in [-0.25, -0.2) is 8.78 Å². The van der Waals surface area contributed by atoms with Crippen LogP contribution < -0.4 is 5.32 Å². The molecular weight excluding hydrogens is 217 g/mol. The molecule has 0 amide bonds. The van der Waals surface area contributed by atoms with Crippen molar-refractivity contribution in [3.05, 3.63) is 23.6 Å². The molecule has 16 heavy (non-hydrogen) atoms. The van der Waals surface area contributed by atoms with Crippen molar-refractivity contribution < 1.29 is 13.2 Å². The molecule has 5 heteroatoms. The maximum Gasteiger partial charge on any atom is 0.251 e. The Kier molecular flexibility index (Phi) is 3.03. The van der Waals surface area contributed by atoms with Crippen molar-refractivity contribution in [2.75, 3.05) is 5.32 Å². The summed E-state index contributed by atoms with van der Waals surface area (Å²) in [6.45, 7) is 2.11. The van der Waals surface area contributed by atoms with Gasteiger partial charge < -0.3 is 5.32 Å². The molecule has 2 rings (SSSR count). The molecule has 1 saturated carbocycles. The van der Waals surface area contributed by atoms with Crippen LogP contribution in [0.15, 0.2) is 6.07 Å². The van der Waals surface area contributed by atoms with Crippen LogP contribution in [0.4, 0.5) is 19.0 Å². The molecule has 2 unspecified atom stereocenters. The van der Waals surface area contributed by atoms with E-state index in [1.54, 1.807) is 0 Å².